The average molecular weight is 217 g/mol. The Hall–Kier alpha value is -1.24. The van der Waals surface area contributed by atoms with E-state index in [1.165, 1.54) is 7.05 Å². The van der Waals surface area contributed by atoms with Crippen molar-refractivity contribution in [3.63, 3.8) is 0 Å². The van der Waals surface area contributed by atoms with Crippen LogP contribution in [0.3, 0.4) is 0 Å². The summed E-state index contributed by atoms with van der Waals surface area (Å²) in [7, 11) is 16.5. The van der Waals surface area contributed by atoms with Gasteiger partial charge in [0, 0.05) is 7.05 Å². The minimum atomic E-state index is -0.644. The Balaban J connectivity index is 4.12. The molecule has 0 heterocycles. The second-order valence-corrected chi connectivity index (χ2v) is 3.12. The van der Waals surface area contributed by atoms with Gasteiger partial charge in [-0.2, -0.15) is 0 Å². The maximum atomic E-state index is 11.4. The lowest BCUT2D eigenvalue weighted by Crippen LogP contribution is -2.44. The summed E-state index contributed by atoms with van der Waals surface area (Å²) < 4.78 is 0. The summed E-state index contributed by atoms with van der Waals surface area (Å²) in [6, 6.07) is 0. The molecular weight excluding hydrogens is 207 g/mol. The van der Waals surface area contributed by atoms with Gasteiger partial charge in [-0.05, 0) is 0 Å². The summed E-state index contributed by atoms with van der Waals surface area (Å²) in [5, 5.41) is 2.11. The third kappa shape index (κ3) is 5.60. The van der Waals surface area contributed by atoms with E-state index >= 15 is 0 Å². The Bertz CT molecular complexity index is 287. The highest BCUT2D eigenvalue weighted by Crippen LogP contribution is 1.89. The van der Waals surface area contributed by atoms with Crippen LogP contribution >= 0.6 is 0 Å². The van der Waals surface area contributed by atoms with Gasteiger partial charge >= 0.3 is 0 Å². The van der Waals surface area contributed by atoms with E-state index in [0.717, 1.165) is 4.90 Å². The fourth-order valence-corrected chi connectivity index (χ4v) is 0.865. The first-order valence-electron chi connectivity index (χ1n) is 4.39. The Labute approximate surface area is 98.0 Å². The van der Waals surface area contributed by atoms with Crippen LogP contribution in [0.4, 0.5) is 0 Å². The first-order valence-corrected chi connectivity index (χ1v) is 4.39. The normalized spacial score (nSPS) is 9.56. The van der Waals surface area contributed by atoms with Crippen LogP contribution in [0.25, 0.3) is 0 Å². The lowest BCUT2D eigenvalue weighted by atomic mass is 10.0. The number of carbonyl (C=O) groups is 3. The molecule has 2 amide bonds. The van der Waals surface area contributed by atoms with Crippen LogP contribution in [-0.4, -0.2) is 77.7 Å². The van der Waals surface area contributed by atoms with Crippen molar-refractivity contribution in [1.29, 1.82) is 0 Å². The zero-order valence-electron chi connectivity index (χ0n) is 8.97. The van der Waals surface area contributed by atoms with Crippen LogP contribution in [0.15, 0.2) is 0 Å². The molecule has 0 unspecified atom stereocenters. The van der Waals surface area contributed by atoms with E-state index in [0.29, 0.717) is 4.81 Å². The highest BCUT2D eigenvalue weighted by Gasteiger charge is 2.15. The number of carbonyl (C=O) groups excluding carboxylic acids is 3. The lowest BCUT2D eigenvalue weighted by Gasteiger charge is -2.21. The monoisotopic (exact) mass is 217 g/mol. The third-order valence-electron chi connectivity index (χ3n) is 1.70. The van der Waals surface area contributed by atoms with Crippen molar-refractivity contribution in [3.05, 3.63) is 0 Å². The third-order valence-corrected chi connectivity index (χ3v) is 1.70. The van der Waals surface area contributed by atoms with Gasteiger partial charge in [-0.1, -0.05) is 0 Å². The Kier molecular flexibility index (Phi) is 6.56. The molecule has 0 atom stereocenters. The molecule has 0 aromatic heterocycles. The Morgan fingerprint density at radius 1 is 1.19 bits per heavy atom. The molecule has 0 bridgehead atoms. The molecule has 0 saturated carbocycles. The molecule has 16 heavy (non-hydrogen) atoms. The predicted octanol–water partition coefficient (Wildman–Crippen LogP) is -3.27. The number of nitrogens with zero attached hydrogens (tertiary/aromatic N) is 2. The van der Waals surface area contributed by atoms with Crippen LogP contribution in [0, 0.1) is 0 Å². The largest absolute Gasteiger partial charge is 0.387 e. The van der Waals surface area contributed by atoms with E-state index in [2.05, 4.69) is 5.23 Å². The maximum Gasteiger partial charge on any atom is 0.241 e. The molecule has 0 aliphatic heterocycles. The summed E-state index contributed by atoms with van der Waals surface area (Å²) in [6.45, 7) is -0.746. The molecule has 0 aliphatic carbocycles. The standard InChI is InChI=1S/C7H10B3N3O3/c1-12(3-5(8)14)7(16)4-13(10)6(15)2-11-9/h11H,2-4H2,1H3. The summed E-state index contributed by atoms with van der Waals surface area (Å²) in [6.07, 6.45) is 0. The minimum absolute atomic E-state index is 0.177. The molecular formula is C7H10B3N3O3. The lowest BCUT2D eigenvalue weighted by molar-refractivity contribution is -0.136. The molecule has 0 aromatic rings. The van der Waals surface area contributed by atoms with Crippen LogP contribution in [0.1, 0.15) is 0 Å². The van der Waals surface area contributed by atoms with Gasteiger partial charge in [-0.15, -0.1) is 0 Å². The molecule has 0 saturated heterocycles. The number of hydrogen-bond acceptors (Lipinski definition) is 4. The number of likely N-dealkylation sites (N-methyl/N-ethyl adjacent to an activating group) is 1. The predicted molar refractivity (Wildman–Crippen MR) is 59.6 cm³/mol. The Morgan fingerprint density at radius 3 is 2.19 bits per heavy atom. The van der Waals surface area contributed by atoms with Gasteiger partial charge in [0.15, 0.2) is 15.8 Å². The van der Waals surface area contributed by atoms with Crippen LogP contribution in [-0.2, 0) is 14.4 Å². The molecule has 6 radical (unpaired) electrons. The molecule has 1 N–H and O–H groups in total. The van der Waals surface area contributed by atoms with E-state index in [1.807, 2.05) is 0 Å². The zero-order valence-corrected chi connectivity index (χ0v) is 8.97. The van der Waals surface area contributed by atoms with Crippen molar-refractivity contribution in [3.8, 4) is 0 Å². The second kappa shape index (κ2) is 7.11. The molecule has 80 valence electrons. The zero-order chi connectivity index (χ0) is 12.7. The molecule has 0 aliphatic rings. The quantitative estimate of drug-likeness (QED) is 0.473. The summed E-state index contributed by atoms with van der Waals surface area (Å²) in [5.41, 5.74) is -0.644. The van der Waals surface area contributed by atoms with Crippen molar-refractivity contribution in [2.75, 3.05) is 26.7 Å². The first-order chi connectivity index (χ1) is 7.38. The number of hydrogen-bond donors (Lipinski definition) is 1. The SMILES string of the molecule is [B]NCC(=O)N([B])CC(=O)N(C)CC([B])=O. The summed E-state index contributed by atoms with van der Waals surface area (Å²) in [5.74, 6) is -1.03. The second-order valence-electron chi connectivity index (χ2n) is 3.12. The van der Waals surface area contributed by atoms with E-state index in [4.69, 9.17) is 23.8 Å². The first kappa shape index (κ1) is 14.8. The van der Waals surface area contributed by atoms with Gasteiger partial charge in [0.25, 0.3) is 0 Å². The van der Waals surface area contributed by atoms with Crippen molar-refractivity contribution < 1.29 is 14.4 Å². The van der Waals surface area contributed by atoms with Crippen molar-refractivity contribution in [2.45, 2.75) is 0 Å². The van der Waals surface area contributed by atoms with Crippen molar-refractivity contribution in [2.24, 2.45) is 0 Å². The van der Waals surface area contributed by atoms with Gasteiger partial charge in [-0.3, -0.25) is 9.59 Å². The smallest absolute Gasteiger partial charge is 0.241 e. The average Bonchev–Trinajstić information content (AvgIpc) is 2.16. The van der Waals surface area contributed by atoms with Gasteiger partial charge < -0.3 is 19.7 Å². The van der Waals surface area contributed by atoms with Gasteiger partial charge in [-0.25, -0.2) is 0 Å². The minimum Gasteiger partial charge on any atom is -0.387 e. The molecule has 0 spiro atoms. The van der Waals surface area contributed by atoms with Gasteiger partial charge in [0.2, 0.25) is 19.8 Å². The topological polar surface area (TPSA) is 69.7 Å². The van der Waals surface area contributed by atoms with Crippen LogP contribution < -0.4 is 5.23 Å². The molecule has 0 fully saturated rings. The van der Waals surface area contributed by atoms with Gasteiger partial charge in [0.1, 0.15) is 0 Å². The van der Waals surface area contributed by atoms with Gasteiger partial charge in [0.05, 0.1) is 25.3 Å². The number of rotatable bonds is 6. The highest BCUT2D eigenvalue weighted by atomic mass is 16.2. The Morgan fingerprint density at radius 2 is 1.75 bits per heavy atom. The molecule has 6 nitrogen and oxygen atoms in total. The molecule has 0 aromatic carbocycles. The fraction of sp³-hybridized carbons (Fsp3) is 0.571. The van der Waals surface area contributed by atoms with E-state index < -0.39 is 17.5 Å². The fourth-order valence-electron chi connectivity index (χ4n) is 0.865. The van der Waals surface area contributed by atoms with Crippen LogP contribution in [0.2, 0.25) is 0 Å². The van der Waals surface area contributed by atoms with E-state index in [9.17, 15) is 14.4 Å². The van der Waals surface area contributed by atoms with E-state index in [-0.39, 0.29) is 19.6 Å². The van der Waals surface area contributed by atoms with Crippen LogP contribution in [0.5, 0.6) is 0 Å². The maximum absolute atomic E-state index is 11.4. The number of amides is 2. The summed E-state index contributed by atoms with van der Waals surface area (Å²) in [4.78, 5) is 34.8. The van der Waals surface area contributed by atoms with E-state index in [1.54, 1.807) is 0 Å². The van der Waals surface area contributed by atoms with Crippen molar-refractivity contribution in [1.82, 2.24) is 14.9 Å². The highest BCUT2D eigenvalue weighted by molar-refractivity contribution is 6.58. The number of nitrogens with one attached hydrogen (secondary N) is 1. The van der Waals surface area contributed by atoms with Crippen molar-refractivity contribution >= 4 is 41.3 Å². The molecule has 9 heteroatoms. The summed E-state index contributed by atoms with van der Waals surface area (Å²) >= 11 is 0. The molecule has 0 rings (SSSR count).